The van der Waals surface area contributed by atoms with E-state index in [0.29, 0.717) is 11.3 Å². The van der Waals surface area contributed by atoms with Gasteiger partial charge in [-0.2, -0.15) is 5.10 Å². The standard InChI is InChI=1S/C15H14N2O4S/c18-14(8-12-5-3-7-22-12)17-16-9-11-4-1-2-6-13(11)21-10-15(19)20/h1-7,9H,8,10H2,(H,17,18)(H,19,20)/p-1/b16-9+. The van der Waals surface area contributed by atoms with Gasteiger partial charge in [0.25, 0.3) is 0 Å². The average Bonchev–Trinajstić information content (AvgIpc) is 2.99. The number of thiophene rings is 1. The molecule has 0 atom stereocenters. The van der Waals surface area contributed by atoms with Gasteiger partial charge in [-0.05, 0) is 23.6 Å². The molecule has 0 spiro atoms. The van der Waals surface area contributed by atoms with Crippen molar-refractivity contribution in [1.29, 1.82) is 0 Å². The van der Waals surface area contributed by atoms with Gasteiger partial charge in [-0.15, -0.1) is 11.3 Å². The quantitative estimate of drug-likeness (QED) is 0.597. The fourth-order valence-electron chi connectivity index (χ4n) is 1.64. The van der Waals surface area contributed by atoms with Gasteiger partial charge >= 0.3 is 0 Å². The van der Waals surface area contributed by atoms with Crippen molar-refractivity contribution in [3.8, 4) is 5.75 Å². The van der Waals surface area contributed by atoms with E-state index in [1.54, 1.807) is 24.3 Å². The summed E-state index contributed by atoms with van der Waals surface area (Å²) in [6, 6.07) is 10.5. The summed E-state index contributed by atoms with van der Waals surface area (Å²) < 4.78 is 5.08. The highest BCUT2D eigenvalue weighted by Gasteiger charge is 2.03. The van der Waals surface area contributed by atoms with E-state index in [-0.39, 0.29) is 12.3 Å². The lowest BCUT2D eigenvalue weighted by molar-refractivity contribution is -0.307. The minimum atomic E-state index is -1.31. The number of carboxylic acid groups (broad SMARTS) is 1. The van der Waals surface area contributed by atoms with Crippen LogP contribution < -0.4 is 15.3 Å². The molecule has 2 rings (SSSR count). The van der Waals surface area contributed by atoms with Crippen LogP contribution in [0.3, 0.4) is 0 Å². The maximum absolute atomic E-state index is 11.7. The SMILES string of the molecule is O=C([O-])COc1ccccc1/C=N/NC(=O)Cc1cccs1. The zero-order chi connectivity index (χ0) is 15.8. The summed E-state index contributed by atoms with van der Waals surface area (Å²) in [6.45, 7) is -0.546. The summed E-state index contributed by atoms with van der Waals surface area (Å²) in [4.78, 5) is 23.0. The molecule has 114 valence electrons. The van der Waals surface area contributed by atoms with E-state index >= 15 is 0 Å². The Bertz CT molecular complexity index is 668. The highest BCUT2D eigenvalue weighted by molar-refractivity contribution is 7.10. The zero-order valence-corrected chi connectivity index (χ0v) is 12.3. The fraction of sp³-hybridized carbons (Fsp3) is 0.133. The van der Waals surface area contributed by atoms with Crippen molar-refractivity contribution < 1.29 is 19.4 Å². The number of nitrogens with zero attached hydrogens (tertiary/aromatic N) is 1. The van der Waals surface area contributed by atoms with Crippen LogP contribution in [0.5, 0.6) is 5.75 Å². The van der Waals surface area contributed by atoms with Crippen LogP contribution in [0.2, 0.25) is 0 Å². The lowest BCUT2D eigenvalue weighted by Gasteiger charge is -2.08. The third kappa shape index (κ3) is 5.02. The van der Waals surface area contributed by atoms with E-state index in [1.165, 1.54) is 17.6 Å². The Kier molecular flexibility index (Phi) is 5.67. The molecule has 0 aliphatic rings. The van der Waals surface area contributed by atoms with E-state index in [0.717, 1.165) is 4.88 Å². The van der Waals surface area contributed by atoms with Crippen LogP contribution in [0, 0.1) is 0 Å². The van der Waals surface area contributed by atoms with Gasteiger partial charge in [-0.25, -0.2) is 5.43 Å². The number of benzene rings is 1. The van der Waals surface area contributed by atoms with Crippen LogP contribution in [-0.2, 0) is 16.0 Å². The first-order chi connectivity index (χ1) is 10.6. The first-order valence-electron chi connectivity index (χ1n) is 6.41. The van der Waals surface area contributed by atoms with E-state index in [9.17, 15) is 14.7 Å². The molecule has 1 amide bonds. The Morgan fingerprint density at radius 2 is 2.09 bits per heavy atom. The fourth-order valence-corrected chi connectivity index (χ4v) is 2.34. The summed E-state index contributed by atoms with van der Waals surface area (Å²) in [5.41, 5.74) is 2.97. The minimum absolute atomic E-state index is 0.230. The Labute approximate surface area is 131 Å². The van der Waals surface area contributed by atoms with Gasteiger partial charge in [-0.3, -0.25) is 4.79 Å². The van der Waals surface area contributed by atoms with E-state index in [2.05, 4.69) is 10.5 Å². The predicted molar refractivity (Wildman–Crippen MR) is 80.7 cm³/mol. The summed E-state index contributed by atoms with van der Waals surface area (Å²) in [5.74, 6) is -1.19. The van der Waals surface area contributed by atoms with Crippen molar-refractivity contribution in [1.82, 2.24) is 5.43 Å². The normalized spacial score (nSPS) is 10.5. The molecule has 22 heavy (non-hydrogen) atoms. The predicted octanol–water partition coefficient (Wildman–Crippen LogP) is 0.570. The smallest absolute Gasteiger partial charge is 0.245 e. The molecule has 2 aromatic rings. The van der Waals surface area contributed by atoms with Gasteiger partial charge in [0, 0.05) is 10.4 Å². The lowest BCUT2D eigenvalue weighted by Crippen LogP contribution is -2.29. The number of ether oxygens (including phenoxy) is 1. The Morgan fingerprint density at radius 3 is 2.82 bits per heavy atom. The molecule has 6 nitrogen and oxygen atoms in total. The minimum Gasteiger partial charge on any atom is -0.546 e. The number of hydrogen-bond acceptors (Lipinski definition) is 6. The summed E-state index contributed by atoms with van der Waals surface area (Å²) in [7, 11) is 0. The number of carbonyl (C=O) groups excluding carboxylic acids is 2. The molecule has 0 saturated carbocycles. The molecular weight excluding hydrogens is 304 g/mol. The summed E-state index contributed by atoms with van der Waals surface area (Å²) in [5, 5.41) is 16.2. The third-order valence-corrected chi connectivity index (χ3v) is 3.45. The summed E-state index contributed by atoms with van der Waals surface area (Å²) in [6.07, 6.45) is 1.66. The largest absolute Gasteiger partial charge is 0.546 e. The Hall–Kier alpha value is -2.67. The second kappa shape index (κ2) is 7.94. The van der Waals surface area contributed by atoms with Crippen LogP contribution in [0.15, 0.2) is 46.9 Å². The number of carboxylic acids is 1. The van der Waals surface area contributed by atoms with Crippen LogP contribution in [0.1, 0.15) is 10.4 Å². The van der Waals surface area contributed by atoms with Crippen LogP contribution in [0.25, 0.3) is 0 Å². The van der Waals surface area contributed by atoms with Crippen molar-refractivity contribution in [2.75, 3.05) is 6.61 Å². The van der Waals surface area contributed by atoms with Crippen molar-refractivity contribution in [2.24, 2.45) is 5.10 Å². The number of nitrogens with one attached hydrogen (secondary N) is 1. The molecule has 1 N–H and O–H groups in total. The van der Waals surface area contributed by atoms with E-state index in [4.69, 9.17) is 4.74 Å². The monoisotopic (exact) mass is 317 g/mol. The van der Waals surface area contributed by atoms with E-state index in [1.807, 2.05) is 17.5 Å². The third-order valence-electron chi connectivity index (χ3n) is 2.57. The molecule has 0 unspecified atom stereocenters. The molecule has 7 heteroatoms. The van der Waals surface area contributed by atoms with Gasteiger partial charge in [-0.1, -0.05) is 18.2 Å². The van der Waals surface area contributed by atoms with Crippen molar-refractivity contribution in [2.45, 2.75) is 6.42 Å². The zero-order valence-electron chi connectivity index (χ0n) is 11.5. The number of hydrazone groups is 1. The van der Waals surface area contributed by atoms with Crippen molar-refractivity contribution in [3.05, 3.63) is 52.2 Å². The first-order valence-corrected chi connectivity index (χ1v) is 7.29. The van der Waals surface area contributed by atoms with Crippen LogP contribution in [-0.4, -0.2) is 24.7 Å². The number of carbonyl (C=O) groups is 2. The molecular formula is C15H13N2O4S-. The van der Waals surface area contributed by atoms with Gasteiger partial charge in [0.2, 0.25) is 5.91 Å². The first kappa shape index (κ1) is 15.7. The number of para-hydroxylation sites is 1. The highest BCUT2D eigenvalue weighted by atomic mass is 32.1. The van der Waals surface area contributed by atoms with Crippen molar-refractivity contribution in [3.63, 3.8) is 0 Å². The van der Waals surface area contributed by atoms with E-state index < -0.39 is 12.6 Å². The van der Waals surface area contributed by atoms with Crippen LogP contribution in [0.4, 0.5) is 0 Å². The van der Waals surface area contributed by atoms with Gasteiger partial charge in [0.15, 0.2) is 0 Å². The average molecular weight is 317 g/mol. The number of amides is 1. The Balaban J connectivity index is 1.92. The molecule has 0 bridgehead atoms. The highest BCUT2D eigenvalue weighted by Crippen LogP contribution is 2.15. The topological polar surface area (TPSA) is 90.8 Å². The second-order valence-electron chi connectivity index (χ2n) is 4.25. The maximum Gasteiger partial charge on any atom is 0.245 e. The van der Waals surface area contributed by atoms with Gasteiger partial charge < -0.3 is 14.6 Å². The van der Waals surface area contributed by atoms with Crippen molar-refractivity contribution >= 4 is 29.4 Å². The molecule has 0 saturated heterocycles. The van der Waals surface area contributed by atoms with Crippen LogP contribution >= 0.6 is 11.3 Å². The number of aliphatic carboxylic acids is 1. The molecule has 1 aromatic heterocycles. The molecule has 1 aromatic carbocycles. The lowest BCUT2D eigenvalue weighted by atomic mass is 10.2. The molecule has 0 aliphatic carbocycles. The van der Waals surface area contributed by atoms with Gasteiger partial charge in [0.1, 0.15) is 12.4 Å². The molecule has 0 aliphatic heterocycles. The maximum atomic E-state index is 11.7. The number of rotatable bonds is 7. The number of hydrogen-bond donors (Lipinski definition) is 1. The second-order valence-corrected chi connectivity index (χ2v) is 5.28. The molecule has 0 fully saturated rings. The molecule has 0 radical (unpaired) electrons. The Morgan fingerprint density at radius 1 is 1.27 bits per heavy atom. The molecule has 1 heterocycles. The summed E-state index contributed by atoms with van der Waals surface area (Å²) >= 11 is 1.50. The van der Waals surface area contributed by atoms with Gasteiger partial charge in [0.05, 0.1) is 18.6 Å².